The van der Waals surface area contributed by atoms with E-state index in [0.29, 0.717) is 13.0 Å². The Morgan fingerprint density at radius 1 is 1.04 bits per heavy atom. The summed E-state index contributed by atoms with van der Waals surface area (Å²) in [5, 5.41) is 4.25. The van der Waals surface area contributed by atoms with Crippen LogP contribution in [-0.2, 0) is 17.9 Å². The van der Waals surface area contributed by atoms with Crippen LogP contribution in [0.5, 0.6) is 0 Å². The lowest BCUT2D eigenvalue weighted by Gasteiger charge is -2.15. The Kier molecular flexibility index (Phi) is 4.96. The molecule has 0 radical (unpaired) electrons. The van der Waals surface area contributed by atoms with Gasteiger partial charge < -0.3 is 14.8 Å². The molecule has 1 N–H and O–H groups in total. The van der Waals surface area contributed by atoms with Gasteiger partial charge >= 0.3 is 0 Å². The van der Waals surface area contributed by atoms with E-state index < -0.39 is 0 Å². The molecule has 4 nitrogen and oxygen atoms in total. The van der Waals surface area contributed by atoms with Crippen LogP contribution in [0.25, 0.3) is 10.9 Å². The highest BCUT2D eigenvalue weighted by Crippen LogP contribution is 2.18. The first-order valence-corrected chi connectivity index (χ1v) is 8.20. The van der Waals surface area contributed by atoms with E-state index >= 15 is 0 Å². The summed E-state index contributed by atoms with van der Waals surface area (Å²) < 4.78 is 2.13. The number of rotatable bonds is 6. The number of aromatic nitrogens is 1. The minimum Gasteiger partial charge on any atom is -0.347 e. The summed E-state index contributed by atoms with van der Waals surface area (Å²) in [6, 6.07) is 18.3. The molecule has 0 aliphatic heterocycles. The highest BCUT2D eigenvalue weighted by Gasteiger charge is 2.08. The number of hydrogen-bond donors (Lipinski definition) is 1. The molecule has 24 heavy (non-hydrogen) atoms. The third kappa shape index (κ3) is 3.84. The number of para-hydroxylation sites is 2. The Hall–Kier alpha value is -2.59. The van der Waals surface area contributed by atoms with Gasteiger partial charge in [-0.15, -0.1) is 0 Å². The van der Waals surface area contributed by atoms with Crippen LogP contribution in [0.15, 0.2) is 60.8 Å². The van der Waals surface area contributed by atoms with Crippen molar-refractivity contribution >= 4 is 22.5 Å². The van der Waals surface area contributed by atoms with Gasteiger partial charge in [0.15, 0.2) is 0 Å². The molecule has 3 rings (SSSR count). The lowest BCUT2D eigenvalue weighted by Crippen LogP contribution is -2.17. The van der Waals surface area contributed by atoms with Crippen LogP contribution < -0.4 is 5.32 Å². The number of carbonyl (C=O) groups is 1. The highest BCUT2D eigenvalue weighted by molar-refractivity contribution is 5.91. The summed E-state index contributed by atoms with van der Waals surface area (Å²) in [5.41, 5.74) is 3.19. The van der Waals surface area contributed by atoms with Gasteiger partial charge in [-0.3, -0.25) is 4.79 Å². The average molecular weight is 321 g/mol. The van der Waals surface area contributed by atoms with Crippen LogP contribution >= 0.6 is 0 Å². The van der Waals surface area contributed by atoms with Crippen molar-refractivity contribution in [2.45, 2.75) is 19.5 Å². The first-order valence-electron chi connectivity index (χ1n) is 8.20. The number of nitrogens with zero attached hydrogens (tertiary/aromatic N) is 2. The van der Waals surface area contributed by atoms with Crippen LogP contribution in [0.4, 0.5) is 5.69 Å². The summed E-state index contributed by atoms with van der Waals surface area (Å²) in [4.78, 5) is 14.4. The molecule has 1 amide bonds. The number of aryl methyl sites for hydroxylation is 1. The fourth-order valence-corrected chi connectivity index (χ4v) is 2.89. The van der Waals surface area contributed by atoms with Crippen LogP contribution in [0.3, 0.4) is 0 Å². The molecule has 0 aliphatic rings. The van der Waals surface area contributed by atoms with Crippen molar-refractivity contribution in [3.8, 4) is 0 Å². The molecule has 1 aromatic heterocycles. The Morgan fingerprint density at radius 2 is 1.79 bits per heavy atom. The molecule has 1 heterocycles. The molecular weight excluding hydrogens is 298 g/mol. The summed E-state index contributed by atoms with van der Waals surface area (Å²) in [6.07, 6.45) is 2.49. The molecule has 2 aromatic carbocycles. The van der Waals surface area contributed by atoms with Crippen molar-refractivity contribution in [3.63, 3.8) is 0 Å². The quantitative estimate of drug-likeness (QED) is 0.751. The maximum absolute atomic E-state index is 12.3. The van der Waals surface area contributed by atoms with E-state index in [1.807, 2.05) is 50.6 Å². The molecule has 0 unspecified atom stereocenters. The maximum atomic E-state index is 12.3. The second kappa shape index (κ2) is 7.32. The van der Waals surface area contributed by atoms with Crippen LogP contribution in [0.1, 0.15) is 12.0 Å². The first kappa shape index (κ1) is 16.3. The third-order valence-electron chi connectivity index (χ3n) is 4.04. The molecular formula is C20H23N3O. The zero-order valence-electron chi connectivity index (χ0n) is 14.2. The Morgan fingerprint density at radius 3 is 2.62 bits per heavy atom. The standard InChI is InChI=1S/C20H23N3O/c1-22(2)15-17-8-3-5-9-18(17)21-20(24)12-14-23-13-11-16-7-4-6-10-19(16)23/h3-11,13H,12,14-15H2,1-2H3,(H,21,24). The number of carbonyl (C=O) groups excluding carboxylic acids is 1. The predicted octanol–water partition coefficient (Wildman–Crippen LogP) is 3.73. The summed E-state index contributed by atoms with van der Waals surface area (Å²) >= 11 is 0. The molecule has 4 heteroatoms. The van der Waals surface area contributed by atoms with Gasteiger partial charge in [-0.1, -0.05) is 36.4 Å². The number of amides is 1. The summed E-state index contributed by atoms with van der Waals surface area (Å²) in [6.45, 7) is 1.48. The molecule has 3 aromatic rings. The Bertz CT molecular complexity index is 836. The number of benzene rings is 2. The number of nitrogens with one attached hydrogen (secondary N) is 1. The molecule has 0 fully saturated rings. The van der Waals surface area contributed by atoms with Crippen molar-refractivity contribution < 1.29 is 4.79 Å². The smallest absolute Gasteiger partial charge is 0.226 e. The molecule has 0 saturated carbocycles. The lowest BCUT2D eigenvalue weighted by atomic mass is 10.1. The first-order chi connectivity index (χ1) is 11.6. The summed E-state index contributed by atoms with van der Waals surface area (Å²) in [7, 11) is 4.05. The van der Waals surface area contributed by atoms with Gasteiger partial charge in [0.05, 0.1) is 0 Å². The van der Waals surface area contributed by atoms with Crippen molar-refractivity contribution in [2.24, 2.45) is 0 Å². The van der Waals surface area contributed by atoms with Gasteiger partial charge in [0.2, 0.25) is 5.91 Å². The van der Waals surface area contributed by atoms with Crippen molar-refractivity contribution in [1.82, 2.24) is 9.47 Å². The van der Waals surface area contributed by atoms with E-state index in [4.69, 9.17) is 0 Å². The SMILES string of the molecule is CN(C)Cc1ccccc1NC(=O)CCn1ccc2ccccc21. The van der Waals surface area contributed by atoms with Gasteiger partial charge in [-0.05, 0) is 43.2 Å². The second-order valence-corrected chi connectivity index (χ2v) is 6.26. The van der Waals surface area contributed by atoms with Crippen molar-refractivity contribution in [1.29, 1.82) is 0 Å². The molecule has 0 aliphatic carbocycles. The van der Waals surface area contributed by atoms with E-state index in [-0.39, 0.29) is 5.91 Å². The van der Waals surface area contributed by atoms with E-state index in [1.165, 1.54) is 10.9 Å². The van der Waals surface area contributed by atoms with Crippen LogP contribution in [0.2, 0.25) is 0 Å². The minimum absolute atomic E-state index is 0.0407. The fourth-order valence-electron chi connectivity index (χ4n) is 2.89. The van der Waals surface area contributed by atoms with Gasteiger partial charge in [0, 0.05) is 36.9 Å². The fraction of sp³-hybridized carbons (Fsp3) is 0.250. The van der Waals surface area contributed by atoms with Gasteiger partial charge in [-0.25, -0.2) is 0 Å². The number of hydrogen-bond acceptors (Lipinski definition) is 2. The van der Waals surface area contributed by atoms with E-state index in [9.17, 15) is 4.79 Å². The normalized spacial score (nSPS) is 11.1. The van der Waals surface area contributed by atoms with Crippen LogP contribution in [0, 0.1) is 0 Å². The van der Waals surface area contributed by atoms with Crippen molar-refractivity contribution in [2.75, 3.05) is 19.4 Å². The molecule has 0 saturated heterocycles. The monoisotopic (exact) mass is 321 g/mol. The number of fused-ring (bicyclic) bond motifs is 1. The highest BCUT2D eigenvalue weighted by atomic mass is 16.1. The lowest BCUT2D eigenvalue weighted by molar-refractivity contribution is -0.116. The zero-order valence-corrected chi connectivity index (χ0v) is 14.2. The van der Waals surface area contributed by atoms with E-state index in [2.05, 4.69) is 39.0 Å². The Labute approximate surface area is 142 Å². The van der Waals surface area contributed by atoms with Crippen LogP contribution in [-0.4, -0.2) is 29.5 Å². The molecule has 0 spiro atoms. The largest absolute Gasteiger partial charge is 0.347 e. The Balaban J connectivity index is 1.64. The third-order valence-corrected chi connectivity index (χ3v) is 4.04. The average Bonchev–Trinajstić information content (AvgIpc) is 2.98. The van der Waals surface area contributed by atoms with E-state index in [1.54, 1.807) is 0 Å². The molecule has 124 valence electrons. The van der Waals surface area contributed by atoms with Gasteiger partial charge in [-0.2, -0.15) is 0 Å². The minimum atomic E-state index is 0.0407. The topological polar surface area (TPSA) is 37.3 Å². The predicted molar refractivity (Wildman–Crippen MR) is 99.0 cm³/mol. The second-order valence-electron chi connectivity index (χ2n) is 6.26. The van der Waals surface area contributed by atoms with E-state index in [0.717, 1.165) is 17.8 Å². The van der Waals surface area contributed by atoms with Gasteiger partial charge in [0.25, 0.3) is 0 Å². The number of anilines is 1. The summed E-state index contributed by atoms with van der Waals surface area (Å²) in [5.74, 6) is 0.0407. The van der Waals surface area contributed by atoms with Gasteiger partial charge in [0.1, 0.15) is 0 Å². The zero-order chi connectivity index (χ0) is 16.9. The maximum Gasteiger partial charge on any atom is 0.226 e. The molecule has 0 atom stereocenters. The molecule has 0 bridgehead atoms. The van der Waals surface area contributed by atoms with Crippen molar-refractivity contribution in [3.05, 3.63) is 66.4 Å².